The monoisotopic (exact) mass is 395 g/mol. The molecular formula is C15H10BrNO3S2. The maximum absolute atomic E-state index is 11.8. The number of hydrogen-bond donors (Lipinski definition) is 1. The van der Waals surface area contributed by atoms with E-state index in [0.29, 0.717) is 21.6 Å². The van der Waals surface area contributed by atoms with Crippen LogP contribution in [0.15, 0.2) is 50.4 Å². The summed E-state index contributed by atoms with van der Waals surface area (Å²) >= 11 is 9.66. The van der Waals surface area contributed by atoms with Crippen molar-refractivity contribution >= 4 is 56.2 Å². The smallest absolute Gasteiger partial charge is 0.263 e. The highest BCUT2D eigenvalue weighted by Gasteiger charge is 2.22. The molecule has 2 aromatic rings. The third kappa shape index (κ3) is 3.60. The van der Waals surface area contributed by atoms with Crippen LogP contribution in [0.5, 0.6) is 5.75 Å². The molecule has 1 aromatic carbocycles. The summed E-state index contributed by atoms with van der Waals surface area (Å²) in [5.74, 6) is 1.21. The van der Waals surface area contributed by atoms with Gasteiger partial charge in [-0.3, -0.25) is 4.79 Å². The number of thiocarbonyl (C=S) groups is 1. The van der Waals surface area contributed by atoms with Gasteiger partial charge >= 0.3 is 0 Å². The molecule has 0 spiro atoms. The van der Waals surface area contributed by atoms with Crippen LogP contribution in [0.2, 0.25) is 0 Å². The summed E-state index contributed by atoms with van der Waals surface area (Å²) in [5, 5.41) is 2.60. The minimum Gasteiger partial charge on any atom is -0.485 e. The summed E-state index contributed by atoms with van der Waals surface area (Å²) in [5.41, 5.74) is 0.795. The first-order valence-electron chi connectivity index (χ1n) is 6.31. The van der Waals surface area contributed by atoms with E-state index in [-0.39, 0.29) is 5.91 Å². The first-order valence-corrected chi connectivity index (χ1v) is 8.33. The molecule has 1 saturated heterocycles. The molecule has 1 aromatic heterocycles. The summed E-state index contributed by atoms with van der Waals surface area (Å²) in [4.78, 5) is 12.3. The van der Waals surface area contributed by atoms with Crippen LogP contribution in [0.4, 0.5) is 0 Å². The Bertz CT molecular complexity index is 756. The molecule has 1 aliphatic rings. The van der Waals surface area contributed by atoms with Gasteiger partial charge in [0.25, 0.3) is 5.91 Å². The molecule has 1 fully saturated rings. The molecule has 1 N–H and O–H groups in total. The van der Waals surface area contributed by atoms with Gasteiger partial charge in [0.2, 0.25) is 0 Å². The maximum atomic E-state index is 11.8. The number of benzene rings is 1. The molecule has 0 saturated carbocycles. The number of amides is 1. The van der Waals surface area contributed by atoms with Crippen molar-refractivity contribution in [3.05, 3.63) is 57.3 Å². The van der Waals surface area contributed by atoms with E-state index in [1.807, 2.05) is 30.3 Å². The van der Waals surface area contributed by atoms with Gasteiger partial charge in [0.05, 0.1) is 11.2 Å². The van der Waals surface area contributed by atoms with Crippen molar-refractivity contribution in [1.29, 1.82) is 0 Å². The number of carbonyl (C=O) groups excluding carboxylic acids is 1. The van der Waals surface area contributed by atoms with Crippen molar-refractivity contribution in [2.45, 2.75) is 6.61 Å². The van der Waals surface area contributed by atoms with Crippen LogP contribution in [0.25, 0.3) is 6.08 Å². The van der Waals surface area contributed by atoms with E-state index in [1.54, 1.807) is 12.3 Å². The molecule has 0 aliphatic carbocycles. The summed E-state index contributed by atoms with van der Waals surface area (Å²) in [6.45, 7) is 0.322. The minimum absolute atomic E-state index is 0.188. The van der Waals surface area contributed by atoms with E-state index >= 15 is 0 Å². The number of rotatable bonds is 4. The average Bonchev–Trinajstić information content (AvgIpc) is 3.08. The second-order valence-corrected chi connectivity index (χ2v) is 7.04. The van der Waals surface area contributed by atoms with Gasteiger partial charge in [0, 0.05) is 10.0 Å². The second kappa shape index (κ2) is 6.68. The van der Waals surface area contributed by atoms with Gasteiger partial charge in [-0.1, -0.05) is 39.9 Å². The molecule has 22 heavy (non-hydrogen) atoms. The lowest BCUT2D eigenvalue weighted by atomic mass is 10.2. The van der Waals surface area contributed by atoms with Crippen molar-refractivity contribution < 1.29 is 13.9 Å². The van der Waals surface area contributed by atoms with E-state index in [1.165, 1.54) is 11.8 Å². The molecule has 112 valence electrons. The number of halogens is 1. The number of furan rings is 1. The molecule has 3 rings (SSSR count). The predicted molar refractivity (Wildman–Crippen MR) is 93.5 cm³/mol. The van der Waals surface area contributed by atoms with E-state index in [9.17, 15) is 4.79 Å². The third-order valence-electron chi connectivity index (χ3n) is 2.85. The molecule has 1 aliphatic heterocycles. The first kappa shape index (κ1) is 15.3. The van der Waals surface area contributed by atoms with Gasteiger partial charge in [-0.15, -0.1) is 0 Å². The number of thioether (sulfide) groups is 1. The summed E-state index contributed by atoms with van der Waals surface area (Å²) < 4.78 is 12.4. The Hall–Kier alpha value is -1.57. The molecule has 7 heteroatoms. The van der Waals surface area contributed by atoms with Gasteiger partial charge in [-0.2, -0.15) is 0 Å². The Morgan fingerprint density at radius 1 is 1.41 bits per heavy atom. The van der Waals surface area contributed by atoms with E-state index in [2.05, 4.69) is 21.2 Å². The lowest BCUT2D eigenvalue weighted by molar-refractivity contribution is -0.115. The fourth-order valence-corrected chi connectivity index (χ4v) is 3.28. The van der Waals surface area contributed by atoms with Crippen molar-refractivity contribution in [3.8, 4) is 5.75 Å². The second-order valence-electron chi connectivity index (χ2n) is 4.40. The Balaban J connectivity index is 1.86. The molecule has 0 bridgehead atoms. The van der Waals surface area contributed by atoms with E-state index < -0.39 is 0 Å². The standard InChI is InChI=1S/C15H10BrNO3S2/c16-10-3-4-12(20-8-11-2-1-5-19-11)9(6-10)7-13-14(18)17-15(21)22-13/h1-7H,8H2,(H,17,18,21)/b13-7-. The zero-order valence-electron chi connectivity index (χ0n) is 11.2. The van der Waals surface area contributed by atoms with Crippen LogP contribution < -0.4 is 10.1 Å². The average molecular weight is 396 g/mol. The molecule has 0 atom stereocenters. The molecular weight excluding hydrogens is 386 g/mol. The van der Waals surface area contributed by atoms with Gasteiger partial charge in [-0.05, 0) is 36.4 Å². The van der Waals surface area contributed by atoms with Crippen molar-refractivity contribution in [2.75, 3.05) is 0 Å². The zero-order chi connectivity index (χ0) is 15.5. The fraction of sp³-hybridized carbons (Fsp3) is 0.0667. The van der Waals surface area contributed by atoms with Crippen molar-refractivity contribution in [3.63, 3.8) is 0 Å². The highest BCUT2D eigenvalue weighted by Crippen LogP contribution is 2.31. The lowest BCUT2D eigenvalue weighted by Gasteiger charge is -2.09. The van der Waals surface area contributed by atoms with Gasteiger partial charge in [-0.25, -0.2) is 0 Å². The van der Waals surface area contributed by atoms with Crippen LogP contribution in [0, 0.1) is 0 Å². The molecule has 4 nitrogen and oxygen atoms in total. The minimum atomic E-state index is -0.188. The van der Waals surface area contributed by atoms with Crippen molar-refractivity contribution in [2.24, 2.45) is 0 Å². The van der Waals surface area contributed by atoms with Crippen LogP contribution in [0.1, 0.15) is 11.3 Å². The third-order valence-corrected chi connectivity index (χ3v) is 4.51. The number of carbonyl (C=O) groups is 1. The number of ether oxygens (including phenoxy) is 1. The normalized spacial score (nSPS) is 16.1. The first-order chi connectivity index (χ1) is 10.6. The van der Waals surface area contributed by atoms with Crippen LogP contribution >= 0.6 is 39.9 Å². The molecule has 0 radical (unpaired) electrons. The number of hydrogen-bond acceptors (Lipinski definition) is 5. The van der Waals surface area contributed by atoms with Gasteiger partial charge < -0.3 is 14.5 Å². The van der Waals surface area contributed by atoms with Gasteiger partial charge in [0.1, 0.15) is 22.4 Å². The Labute approximate surface area is 145 Å². The number of nitrogens with one attached hydrogen (secondary N) is 1. The summed E-state index contributed by atoms with van der Waals surface area (Å²) in [7, 11) is 0. The van der Waals surface area contributed by atoms with Crippen LogP contribution in [-0.4, -0.2) is 10.2 Å². The maximum Gasteiger partial charge on any atom is 0.263 e. The summed E-state index contributed by atoms with van der Waals surface area (Å²) in [6.07, 6.45) is 3.37. The molecule has 1 amide bonds. The highest BCUT2D eigenvalue weighted by atomic mass is 79.9. The Kier molecular flexibility index (Phi) is 4.66. The van der Waals surface area contributed by atoms with Crippen LogP contribution in [0.3, 0.4) is 0 Å². The fourth-order valence-electron chi connectivity index (χ4n) is 1.87. The van der Waals surface area contributed by atoms with Gasteiger partial charge in [0.15, 0.2) is 0 Å². The van der Waals surface area contributed by atoms with Crippen LogP contribution in [-0.2, 0) is 11.4 Å². The Morgan fingerprint density at radius 2 is 2.27 bits per heavy atom. The SMILES string of the molecule is O=C1NC(=S)S/C1=C\c1cc(Br)ccc1OCc1ccco1. The predicted octanol–water partition coefficient (Wildman–Crippen LogP) is 4.11. The molecule has 0 unspecified atom stereocenters. The molecule has 2 heterocycles. The lowest BCUT2D eigenvalue weighted by Crippen LogP contribution is -2.17. The summed E-state index contributed by atoms with van der Waals surface area (Å²) in [6, 6.07) is 9.26. The van der Waals surface area contributed by atoms with Crippen molar-refractivity contribution in [1.82, 2.24) is 5.32 Å². The van der Waals surface area contributed by atoms with E-state index in [4.69, 9.17) is 21.4 Å². The zero-order valence-corrected chi connectivity index (χ0v) is 14.4. The Morgan fingerprint density at radius 3 is 2.95 bits per heavy atom. The highest BCUT2D eigenvalue weighted by molar-refractivity contribution is 9.10. The topological polar surface area (TPSA) is 51.5 Å². The largest absolute Gasteiger partial charge is 0.485 e. The van der Waals surface area contributed by atoms with E-state index in [0.717, 1.165) is 15.8 Å². The quantitative estimate of drug-likeness (QED) is 0.623.